The third kappa shape index (κ3) is 5.95. The summed E-state index contributed by atoms with van der Waals surface area (Å²) < 4.78 is 1.79. The number of rotatable bonds is 5. The van der Waals surface area contributed by atoms with Crippen LogP contribution in [0.1, 0.15) is 20.8 Å². The number of anilines is 2. The lowest BCUT2D eigenvalue weighted by Gasteiger charge is -2.45. The highest BCUT2D eigenvalue weighted by Crippen LogP contribution is 2.37. The maximum atomic E-state index is 12.1. The number of piperazine rings is 1. The summed E-state index contributed by atoms with van der Waals surface area (Å²) in [5, 5.41) is 18.3. The molecule has 0 aliphatic carbocycles. The molecule has 1 aromatic carbocycles. The number of H-pyrrole nitrogens is 1. The summed E-state index contributed by atoms with van der Waals surface area (Å²) in [7, 11) is 5.29. The van der Waals surface area contributed by atoms with Gasteiger partial charge in [-0.1, -0.05) is 32.9 Å². The number of amides is 3. The first-order valence-electron chi connectivity index (χ1n) is 15.1. The Morgan fingerprint density at radius 1 is 1.00 bits per heavy atom. The average molecular weight is 623 g/mol. The number of benzene rings is 1. The van der Waals surface area contributed by atoms with E-state index < -0.39 is 6.09 Å². The van der Waals surface area contributed by atoms with E-state index in [1.54, 1.807) is 37.4 Å². The van der Waals surface area contributed by atoms with Gasteiger partial charge >= 0.3 is 12.1 Å². The van der Waals surface area contributed by atoms with Crippen LogP contribution in [0.2, 0.25) is 0 Å². The molecule has 1 unspecified atom stereocenters. The number of aromatic amines is 1. The van der Waals surface area contributed by atoms with Crippen LogP contribution in [-0.2, 0) is 7.05 Å². The van der Waals surface area contributed by atoms with Crippen molar-refractivity contribution in [3.63, 3.8) is 0 Å². The molecule has 238 valence electrons. The van der Waals surface area contributed by atoms with Gasteiger partial charge in [0, 0.05) is 93.3 Å². The van der Waals surface area contributed by atoms with Gasteiger partial charge in [-0.05, 0) is 35.2 Å². The number of pyridine rings is 1. The Morgan fingerprint density at radius 3 is 2.37 bits per heavy atom. The van der Waals surface area contributed by atoms with Gasteiger partial charge in [0.25, 0.3) is 0 Å². The number of aromatic nitrogens is 6. The van der Waals surface area contributed by atoms with E-state index in [4.69, 9.17) is 5.10 Å². The molecule has 1 saturated heterocycles. The molecule has 1 fully saturated rings. The maximum absolute atomic E-state index is 12.1. The van der Waals surface area contributed by atoms with Crippen LogP contribution in [0.4, 0.5) is 21.2 Å². The van der Waals surface area contributed by atoms with Crippen molar-refractivity contribution < 1.29 is 14.7 Å². The molecule has 3 N–H and O–H groups in total. The minimum atomic E-state index is -0.899. The summed E-state index contributed by atoms with van der Waals surface area (Å²) in [6.07, 6.45) is 6.44. The van der Waals surface area contributed by atoms with Gasteiger partial charge in [0.15, 0.2) is 0 Å². The summed E-state index contributed by atoms with van der Waals surface area (Å²) in [5.74, 6) is 0.574. The molecular weight excluding hydrogens is 584 g/mol. The number of carboxylic acid groups (broad SMARTS) is 1. The van der Waals surface area contributed by atoms with E-state index in [0.29, 0.717) is 31.3 Å². The molecule has 0 spiro atoms. The number of urea groups is 1. The molecule has 5 aromatic rings. The smallest absolute Gasteiger partial charge is 0.407 e. The number of aryl methyl sites for hydroxylation is 1. The minimum absolute atomic E-state index is 0.181. The molecule has 13 nitrogen and oxygen atoms in total. The van der Waals surface area contributed by atoms with Crippen molar-refractivity contribution in [1.82, 2.24) is 39.5 Å². The summed E-state index contributed by atoms with van der Waals surface area (Å²) in [6.45, 7) is 7.60. The van der Waals surface area contributed by atoms with Crippen molar-refractivity contribution >= 4 is 34.8 Å². The number of carbonyl (C=O) groups excluding carboxylic acids is 1. The fourth-order valence-corrected chi connectivity index (χ4v) is 5.82. The van der Waals surface area contributed by atoms with E-state index in [2.05, 4.69) is 50.9 Å². The van der Waals surface area contributed by atoms with Crippen LogP contribution in [0.5, 0.6) is 0 Å². The Kier molecular flexibility index (Phi) is 7.84. The molecule has 0 radical (unpaired) electrons. The lowest BCUT2D eigenvalue weighted by Crippen LogP contribution is -2.59. The fraction of sp³-hybridized carbons (Fsp3) is 0.333. The van der Waals surface area contributed by atoms with Gasteiger partial charge in [0.05, 0.1) is 11.7 Å². The molecule has 0 saturated carbocycles. The first-order chi connectivity index (χ1) is 21.9. The second kappa shape index (κ2) is 11.8. The van der Waals surface area contributed by atoms with Gasteiger partial charge in [-0.15, -0.1) is 0 Å². The molecule has 0 bridgehead atoms. The average Bonchev–Trinajstić information content (AvgIpc) is 3.64. The largest absolute Gasteiger partial charge is 0.465 e. The second-order valence-electron chi connectivity index (χ2n) is 12.8. The van der Waals surface area contributed by atoms with Crippen LogP contribution in [0, 0.1) is 5.41 Å². The van der Waals surface area contributed by atoms with E-state index in [1.807, 2.05) is 49.6 Å². The Hall–Kier alpha value is -5.46. The number of nitrogens with zero attached hydrogens (tertiary/aromatic N) is 8. The van der Waals surface area contributed by atoms with E-state index >= 15 is 0 Å². The number of hydrogen-bond acceptors (Lipinski definition) is 7. The van der Waals surface area contributed by atoms with Gasteiger partial charge in [-0.3, -0.25) is 4.68 Å². The molecule has 13 heteroatoms. The van der Waals surface area contributed by atoms with Crippen molar-refractivity contribution in [3.05, 3.63) is 61.2 Å². The SMILES string of the molecule is CN(C)C(=O)Nc1ccc(-c2nn(C)cc2-c2ccnc3[nH]c(-c4cnc(N5CCN(C(=O)O)C(C(C)(C)C)C5)nc4)cc23)cc1. The van der Waals surface area contributed by atoms with Crippen LogP contribution in [-0.4, -0.2) is 96.5 Å². The molecule has 1 aliphatic heterocycles. The number of carbonyl (C=O) groups is 2. The van der Waals surface area contributed by atoms with Crippen molar-refractivity contribution in [2.24, 2.45) is 12.5 Å². The van der Waals surface area contributed by atoms with Crippen molar-refractivity contribution in [3.8, 4) is 33.6 Å². The zero-order chi connectivity index (χ0) is 32.7. The lowest BCUT2D eigenvalue weighted by molar-refractivity contribution is 0.0745. The highest BCUT2D eigenvalue weighted by atomic mass is 16.4. The van der Waals surface area contributed by atoms with Gasteiger partial charge in [-0.2, -0.15) is 5.10 Å². The standard InChI is InChI=1S/C33H38N10O3/c1-33(2,3)27-19-42(13-14-43(27)32(45)46)30-35-16-21(17-36-30)26-15-24-23(11-12-34-29(24)38-26)25-18-41(6)39-28(25)20-7-9-22(10-8-20)37-31(44)40(4)5/h7-12,15-18,27H,13-14,19H2,1-6H3,(H,34,38)(H,37,44)(H,45,46). The monoisotopic (exact) mass is 622 g/mol. The zero-order valence-corrected chi connectivity index (χ0v) is 26.8. The first kappa shape index (κ1) is 30.6. The highest BCUT2D eigenvalue weighted by molar-refractivity contribution is 5.99. The zero-order valence-electron chi connectivity index (χ0n) is 26.8. The van der Waals surface area contributed by atoms with Crippen LogP contribution >= 0.6 is 0 Å². The number of fused-ring (bicyclic) bond motifs is 1. The number of nitrogens with one attached hydrogen (secondary N) is 2. The second-order valence-corrected chi connectivity index (χ2v) is 12.8. The van der Waals surface area contributed by atoms with E-state index in [1.165, 1.54) is 9.80 Å². The van der Waals surface area contributed by atoms with E-state index in [0.717, 1.165) is 44.7 Å². The maximum Gasteiger partial charge on any atom is 0.407 e. The molecule has 4 aromatic heterocycles. The quantitative estimate of drug-likeness (QED) is 0.236. The van der Waals surface area contributed by atoms with E-state index in [-0.39, 0.29) is 17.5 Å². The van der Waals surface area contributed by atoms with Gasteiger partial charge in [0.1, 0.15) is 11.3 Å². The molecule has 46 heavy (non-hydrogen) atoms. The summed E-state index contributed by atoms with van der Waals surface area (Å²) in [6, 6.07) is 11.3. The van der Waals surface area contributed by atoms with Crippen LogP contribution < -0.4 is 10.2 Å². The lowest BCUT2D eigenvalue weighted by atomic mass is 9.84. The van der Waals surface area contributed by atoms with Gasteiger partial charge in [0.2, 0.25) is 5.95 Å². The van der Waals surface area contributed by atoms with Gasteiger partial charge in [-0.25, -0.2) is 24.5 Å². The summed E-state index contributed by atoms with van der Waals surface area (Å²) in [5.41, 5.74) is 6.49. The van der Waals surface area contributed by atoms with Crippen molar-refractivity contribution in [2.75, 3.05) is 43.9 Å². The summed E-state index contributed by atoms with van der Waals surface area (Å²) in [4.78, 5) is 46.3. The fourth-order valence-electron chi connectivity index (χ4n) is 5.82. The Bertz CT molecular complexity index is 1890. The molecule has 6 rings (SSSR count). The third-order valence-electron chi connectivity index (χ3n) is 8.32. The van der Waals surface area contributed by atoms with Crippen LogP contribution in [0.3, 0.4) is 0 Å². The minimum Gasteiger partial charge on any atom is -0.465 e. The normalized spacial score (nSPS) is 15.3. The number of hydrogen-bond donors (Lipinski definition) is 3. The Labute approximate surface area is 266 Å². The van der Waals surface area contributed by atoms with Crippen LogP contribution in [0.15, 0.2) is 61.2 Å². The Morgan fingerprint density at radius 2 is 1.72 bits per heavy atom. The third-order valence-corrected chi connectivity index (χ3v) is 8.32. The predicted octanol–water partition coefficient (Wildman–Crippen LogP) is 5.40. The molecule has 5 heterocycles. The van der Waals surface area contributed by atoms with Crippen molar-refractivity contribution in [2.45, 2.75) is 26.8 Å². The van der Waals surface area contributed by atoms with E-state index in [9.17, 15) is 14.7 Å². The first-order valence-corrected chi connectivity index (χ1v) is 15.1. The predicted molar refractivity (Wildman–Crippen MR) is 178 cm³/mol. The molecular formula is C33H38N10O3. The molecule has 1 aliphatic rings. The van der Waals surface area contributed by atoms with Crippen molar-refractivity contribution in [1.29, 1.82) is 0 Å². The topological polar surface area (TPSA) is 148 Å². The summed E-state index contributed by atoms with van der Waals surface area (Å²) >= 11 is 0. The molecule has 3 amide bonds. The Balaban J connectivity index is 1.27. The van der Waals surface area contributed by atoms with Gasteiger partial charge < -0.3 is 30.1 Å². The molecule has 1 atom stereocenters. The van der Waals surface area contributed by atoms with Crippen LogP contribution in [0.25, 0.3) is 44.7 Å². The highest BCUT2D eigenvalue weighted by Gasteiger charge is 2.38.